The van der Waals surface area contributed by atoms with Crippen molar-refractivity contribution in [1.82, 2.24) is 4.90 Å². The maximum Gasteiger partial charge on any atom is 0.107 e. The van der Waals surface area contributed by atoms with Crippen molar-refractivity contribution in [3.8, 4) is 0 Å². The molecule has 1 rings (SSSR count). The summed E-state index contributed by atoms with van der Waals surface area (Å²) in [6, 6.07) is 0. The lowest BCUT2D eigenvalue weighted by atomic mass is 9.84. The van der Waals surface area contributed by atoms with Crippen LogP contribution in [0.5, 0.6) is 0 Å². The molecule has 66 valence electrons. The number of aliphatic hydroxyl groups excluding tert-OH is 1. The average Bonchev–Trinajstić information content (AvgIpc) is 1.83. The molecule has 1 aliphatic rings. The van der Waals surface area contributed by atoms with Crippen LogP contribution in [-0.2, 0) is 0 Å². The van der Waals surface area contributed by atoms with Gasteiger partial charge in [-0.15, -0.1) is 0 Å². The summed E-state index contributed by atoms with van der Waals surface area (Å²) in [5.74, 6) is 0.175. The third-order valence-electron chi connectivity index (χ3n) is 2.70. The molecule has 0 saturated carbocycles. The standard InChI is InChI=1S/C8H17NO2/c1-6-4-7(10)9(3)5-8(6,2)11/h6-7,10-11H,4-5H2,1-3H3. The Morgan fingerprint density at radius 3 is 2.55 bits per heavy atom. The minimum atomic E-state index is -0.645. The van der Waals surface area contributed by atoms with Crippen molar-refractivity contribution in [2.45, 2.75) is 32.1 Å². The van der Waals surface area contributed by atoms with Gasteiger partial charge in [-0.1, -0.05) is 6.92 Å². The summed E-state index contributed by atoms with van der Waals surface area (Å²) in [5, 5.41) is 19.2. The summed E-state index contributed by atoms with van der Waals surface area (Å²) in [4.78, 5) is 1.78. The Balaban J connectivity index is 2.63. The summed E-state index contributed by atoms with van der Waals surface area (Å²) in [7, 11) is 1.82. The highest BCUT2D eigenvalue weighted by Gasteiger charge is 2.37. The summed E-state index contributed by atoms with van der Waals surface area (Å²) >= 11 is 0. The van der Waals surface area contributed by atoms with Crippen molar-refractivity contribution in [3.05, 3.63) is 0 Å². The molecule has 1 heterocycles. The molecule has 0 aromatic heterocycles. The van der Waals surface area contributed by atoms with Crippen molar-refractivity contribution >= 4 is 0 Å². The lowest BCUT2D eigenvalue weighted by molar-refractivity contribution is -0.125. The number of nitrogens with zero attached hydrogens (tertiary/aromatic N) is 1. The SMILES string of the molecule is CC1CC(O)N(C)CC1(C)O. The van der Waals surface area contributed by atoms with Crippen LogP contribution in [0.1, 0.15) is 20.3 Å². The third-order valence-corrected chi connectivity index (χ3v) is 2.70. The molecule has 3 nitrogen and oxygen atoms in total. The lowest BCUT2D eigenvalue weighted by Crippen LogP contribution is -2.54. The molecule has 0 aromatic rings. The van der Waals surface area contributed by atoms with E-state index in [-0.39, 0.29) is 12.1 Å². The molecule has 0 spiro atoms. The first-order chi connectivity index (χ1) is 4.93. The lowest BCUT2D eigenvalue weighted by Gasteiger charge is -2.42. The van der Waals surface area contributed by atoms with Crippen molar-refractivity contribution in [2.24, 2.45) is 5.92 Å². The molecule has 0 bridgehead atoms. The number of hydrogen-bond acceptors (Lipinski definition) is 3. The van der Waals surface area contributed by atoms with Gasteiger partial charge in [0, 0.05) is 6.54 Å². The fourth-order valence-corrected chi connectivity index (χ4v) is 1.52. The van der Waals surface area contributed by atoms with Gasteiger partial charge in [-0.25, -0.2) is 0 Å². The van der Waals surface area contributed by atoms with Gasteiger partial charge < -0.3 is 10.2 Å². The highest BCUT2D eigenvalue weighted by molar-refractivity contribution is 4.88. The smallest absolute Gasteiger partial charge is 0.107 e. The molecule has 3 unspecified atom stereocenters. The number of β-amino-alcohol motifs (C(OH)–C–C–N with tert-alkyl or cyclic N) is 1. The van der Waals surface area contributed by atoms with Crippen LogP contribution in [0.25, 0.3) is 0 Å². The number of likely N-dealkylation sites (tertiary alicyclic amines) is 1. The van der Waals surface area contributed by atoms with E-state index in [2.05, 4.69) is 0 Å². The first-order valence-corrected chi connectivity index (χ1v) is 4.04. The van der Waals surface area contributed by atoms with E-state index in [1.165, 1.54) is 0 Å². The van der Waals surface area contributed by atoms with Crippen LogP contribution < -0.4 is 0 Å². The van der Waals surface area contributed by atoms with Gasteiger partial charge in [-0.3, -0.25) is 4.90 Å². The van der Waals surface area contributed by atoms with Crippen molar-refractivity contribution in [3.63, 3.8) is 0 Å². The number of rotatable bonds is 0. The quantitative estimate of drug-likeness (QED) is 0.524. The van der Waals surface area contributed by atoms with Crippen LogP contribution >= 0.6 is 0 Å². The van der Waals surface area contributed by atoms with Crippen LogP contribution in [-0.4, -0.2) is 40.5 Å². The fourth-order valence-electron chi connectivity index (χ4n) is 1.52. The van der Waals surface area contributed by atoms with Gasteiger partial charge in [-0.2, -0.15) is 0 Å². The highest BCUT2D eigenvalue weighted by atomic mass is 16.3. The van der Waals surface area contributed by atoms with Gasteiger partial charge in [0.05, 0.1) is 5.60 Å². The summed E-state index contributed by atoms with van der Waals surface area (Å²) in [6.45, 7) is 4.34. The first kappa shape index (κ1) is 8.97. The van der Waals surface area contributed by atoms with E-state index < -0.39 is 5.60 Å². The van der Waals surface area contributed by atoms with E-state index >= 15 is 0 Å². The largest absolute Gasteiger partial charge is 0.389 e. The van der Waals surface area contributed by atoms with Crippen molar-refractivity contribution in [1.29, 1.82) is 0 Å². The number of piperidine rings is 1. The second-order valence-corrected chi connectivity index (χ2v) is 3.89. The van der Waals surface area contributed by atoms with Crippen molar-refractivity contribution < 1.29 is 10.2 Å². The molecule has 3 heteroatoms. The molecule has 1 aliphatic heterocycles. The van der Waals surface area contributed by atoms with Gasteiger partial charge in [-0.05, 0) is 26.3 Å². The number of likely N-dealkylation sites (N-methyl/N-ethyl adjacent to an activating group) is 1. The Hall–Kier alpha value is -0.120. The van der Waals surface area contributed by atoms with E-state index in [9.17, 15) is 10.2 Å². The predicted molar refractivity (Wildman–Crippen MR) is 43.0 cm³/mol. The Morgan fingerprint density at radius 1 is 1.55 bits per heavy atom. The van der Waals surface area contributed by atoms with Crippen LogP contribution in [0.4, 0.5) is 0 Å². The summed E-state index contributed by atoms with van der Waals surface area (Å²) in [5.41, 5.74) is -0.645. The third kappa shape index (κ3) is 1.72. The van der Waals surface area contributed by atoms with Crippen LogP contribution in [0.2, 0.25) is 0 Å². The predicted octanol–water partition coefficient (Wildman–Crippen LogP) is 0.0274. The fraction of sp³-hybridized carbons (Fsp3) is 1.00. The van der Waals surface area contributed by atoms with Crippen LogP contribution in [0.15, 0.2) is 0 Å². The molecule has 2 N–H and O–H groups in total. The maximum atomic E-state index is 9.78. The maximum absolute atomic E-state index is 9.78. The van der Waals surface area contributed by atoms with Gasteiger partial charge in [0.15, 0.2) is 0 Å². The van der Waals surface area contributed by atoms with Crippen LogP contribution in [0, 0.1) is 5.92 Å². The first-order valence-electron chi connectivity index (χ1n) is 4.04. The minimum Gasteiger partial charge on any atom is -0.389 e. The van der Waals surface area contributed by atoms with Crippen LogP contribution in [0.3, 0.4) is 0 Å². The molecule has 1 fully saturated rings. The molecular formula is C8H17NO2. The molecule has 0 aliphatic carbocycles. The molecule has 0 amide bonds. The molecular weight excluding hydrogens is 142 g/mol. The Labute approximate surface area is 67.6 Å². The molecule has 1 saturated heterocycles. The van der Waals surface area contributed by atoms with Gasteiger partial charge in [0.2, 0.25) is 0 Å². The highest BCUT2D eigenvalue weighted by Crippen LogP contribution is 2.28. The molecule has 3 atom stereocenters. The monoisotopic (exact) mass is 159 g/mol. The minimum absolute atomic E-state index is 0.175. The number of hydrogen-bond donors (Lipinski definition) is 2. The molecule has 0 aromatic carbocycles. The van der Waals surface area contributed by atoms with E-state index in [1.807, 2.05) is 20.9 Å². The van der Waals surface area contributed by atoms with Gasteiger partial charge >= 0.3 is 0 Å². The Morgan fingerprint density at radius 2 is 2.09 bits per heavy atom. The van der Waals surface area contributed by atoms with Crippen molar-refractivity contribution in [2.75, 3.05) is 13.6 Å². The summed E-state index contributed by atoms with van der Waals surface area (Å²) in [6.07, 6.45) is 0.272. The van der Waals surface area contributed by atoms with Gasteiger partial charge in [0.1, 0.15) is 6.23 Å². The molecule has 0 radical (unpaired) electrons. The second-order valence-electron chi connectivity index (χ2n) is 3.89. The van der Waals surface area contributed by atoms with E-state index in [0.717, 1.165) is 0 Å². The van der Waals surface area contributed by atoms with Gasteiger partial charge in [0.25, 0.3) is 0 Å². The Kier molecular flexibility index (Phi) is 2.23. The zero-order chi connectivity index (χ0) is 8.65. The average molecular weight is 159 g/mol. The summed E-state index contributed by atoms with van der Waals surface area (Å²) < 4.78 is 0. The second kappa shape index (κ2) is 2.73. The molecule has 11 heavy (non-hydrogen) atoms. The normalized spacial score (nSPS) is 47.7. The van der Waals surface area contributed by atoms with E-state index in [0.29, 0.717) is 13.0 Å². The van der Waals surface area contributed by atoms with E-state index in [1.54, 1.807) is 4.90 Å². The zero-order valence-electron chi connectivity index (χ0n) is 7.41. The number of aliphatic hydroxyl groups is 2. The van der Waals surface area contributed by atoms with E-state index in [4.69, 9.17) is 0 Å². The topological polar surface area (TPSA) is 43.7 Å². The zero-order valence-corrected chi connectivity index (χ0v) is 7.41. The Bertz CT molecular complexity index is 147.